The zero-order valence-electron chi connectivity index (χ0n) is 12.9. The smallest absolute Gasteiger partial charge is 0.216 e. The van der Waals surface area contributed by atoms with Crippen LogP contribution in [-0.4, -0.2) is 43.4 Å². The molecule has 0 atom stereocenters. The molecule has 0 N–H and O–H groups in total. The Balaban J connectivity index is 2.27. The Morgan fingerprint density at radius 2 is 1.67 bits per heavy atom. The Hall–Kier alpha value is -1.65. The van der Waals surface area contributed by atoms with Crippen molar-refractivity contribution < 1.29 is 4.58 Å². The second-order valence-corrected chi connectivity index (χ2v) is 6.94. The highest BCUT2D eigenvalue weighted by atomic mass is 32.1. The van der Waals surface area contributed by atoms with E-state index in [9.17, 15) is 0 Å². The fourth-order valence-corrected chi connectivity index (χ4v) is 3.65. The molecule has 0 spiro atoms. The highest BCUT2D eigenvalue weighted by molar-refractivity contribution is 7.12. The van der Waals surface area contributed by atoms with Crippen molar-refractivity contribution >= 4 is 34.1 Å². The van der Waals surface area contributed by atoms with E-state index in [0.717, 1.165) is 0 Å². The minimum atomic E-state index is 1.23. The van der Waals surface area contributed by atoms with Gasteiger partial charge in [0.25, 0.3) is 0 Å². The lowest BCUT2D eigenvalue weighted by Gasteiger charge is -2.14. The van der Waals surface area contributed by atoms with Gasteiger partial charge in [0, 0.05) is 20.2 Å². The molecular weight excluding hydrogens is 296 g/mol. The Bertz CT molecular complexity index is 641. The summed E-state index contributed by atoms with van der Waals surface area (Å²) in [5.41, 5.74) is 2.45. The summed E-state index contributed by atoms with van der Waals surface area (Å²) in [5.74, 6) is 0. The van der Waals surface area contributed by atoms with Crippen molar-refractivity contribution in [3.05, 3.63) is 63.0 Å². The first-order valence-electron chi connectivity index (χ1n) is 6.77. The third-order valence-electron chi connectivity index (χ3n) is 3.02. The van der Waals surface area contributed by atoms with E-state index >= 15 is 0 Å². The zero-order chi connectivity index (χ0) is 15.2. The maximum atomic E-state index is 2.17. The van der Waals surface area contributed by atoms with E-state index in [4.69, 9.17) is 0 Å². The summed E-state index contributed by atoms with van der Waals surface area (Å²) in [4.78, 5) is 4.72. The van der Waals surface area contributed by atoms with Gasteiger partial charge in [0.2, 0.25) is 5.71 Å². The molecule has 0 aliphatic carbocycles. The molecule has 110 valence electrons. The van der Waals surface area contributed by atoms with Crippen LogP contribution in [0.3, 0.4) is 0 Å². The van der Waals surface area contributed by atoms with Crippen LogP contribution in [0.15, 0.2) is 53.3 Å². The van der Waals surface area contributed by atoms with Crippen LogP contribution in [0.2, 0.25) is 0 Å². The quantitative estimate of drug-likeness (QED) is 0.458. The second kappa shape index (κ2) is 7.38. The highest BCUT2D eigenvalue weighted by Crippen LogP contribution is 2.22. The standard InChI is InChI=1S/C17H21N2S2/c1-18(2)14(16-10-6-12-20-16)8-5-9-15(19(3)4)17-11-7-13-21-17/h5-13H,1-4H3/q+1. The van der Waals surface area contributed by atoms with Crippen molar-refractivity contribution in [3.63, 3.8) is 0 Å². The van der Waals surface area contributed by atoms with Crippen LogP contribution in [0, 0.1) is 0 Å². The Morgan fingerprint density at radius 1 is 1.05 bits per heavy atom. The summed E-state index contributed by atoms with van der Waals surface area (Å²) in [7, 11) is 8.31. The zero-order valence-corrected chi connectivity index (χ0v) is 14.5. The summed E-state index contributed by atoms with van der Waals surface area (Å²) in [6, 6.07) is 8.48. The van der Waals surface area contributed by atoms with E-state index in [0.29, 0.717) is 0 Å². The lowest BCUT2D eigenvalue weighted by Crippen LogP contribution is -2.11. The second-order valence-electron chi connectivity index (χ2n) is 5.04. The van der Waals surface area contributed by atoms with Crippen molar-refractivity contribution in [1.29, 1.82) is 0 Å². The van der Waals surface area contributed by atoms with Crippen LogP contribution in [-0.2, 0) is 0 Å². The number of hydrogen-bond donors (Lipinski definition) is 0. The number of nitrogens with zero attached hydrogens (tertiary/aromatic N) is 2. The summed E-state index contributed by atoms with van der Waals surface area (Å²) in [5, 5.41) is 4.22. The van der Waals surface area contributed by atoms with Gasteiger partial charge in [-0.3, -0.25) is 0 Å². The number of rotatable bonds is 5. The van der Waals surface area contributed by atoms with Gasteiger partial charge < -0.3 is 4.90 Å². The number of allylic oxidation sites excluding steroid dienone is 3. The fraction of sp³-hybridized carbons (Fsp3) is 0.235. The molecule has 0 aliphatic rings. The molecule has 0 saturated carbocycles. The molecule has 2 rings (SSSR count). The first kappa shape index (κ1) is 15.7. The fourth-order valence-electron chi connectivity index (χ4n) is 1.98. The molecule has 0 bridgehead atoms. The van der Waals surface area contributed by atoms with Crippen LogP contribution in [0.1, 0.15) is 9.75 Å². The van der Waals surface area contributed by atoms with Gasteiger partial charge in [-0.2, -0.15) is 0 Å². The average Bonchev–Trinajstić information content (AvgIpc) is 3.10. The van der Waals surface area contributed by atoms with Gasteiger partial charge in [-0.1, -0.05) is 18.2 Å². The molecule has 2 nitrogen and oxygen atoms in total. The van der Waals surface area contributed by atoms with Crippen molar-refractivity contribution in [2.45, 2.75) is 0 Å². The molecule has 0 fully saturated rings. The molecule has 2 heterocycles. The third-order valence-corrected chi connectivity index (χ3v) is 4.80. The van der Waals surface area contributed by atoms with E-state index in [1.165, 1.54) is 21.2 Å². The molecule has 0 aliphatic heterocycles. The molecule has 0 radical (unpaired) electrons. The normalized spacial score (nSPS) is 11.9. The average molecular weight is 318 g/mol. The molecule has 0 saturated heterocycles. The van der Waals surface area contributed by atoms with E-state index in [1.807, 2.05) is 0 Å². The topological polar surface area (TPSA) is 6.25 Å². The van der Waals surface area contributed by atoms with E-state index in [1.54, 1.807) is 22.7 Å². The van der Waals surface area contributed by atoms with Crippen molar-refractivity contribution in [3.8, 4) is 0 Å². The summed E-state index contributed by atoms with van der Waals surface area (Å²) < 4.78 is 2.15. The molecule has 4 heteroatoms. The Morgan fingerprint density at radius 3 is 2.14 bits per heavy atom. The molecule has 0 aromatic carbocycles. The van der Waals surface area contributed by atoms with Gasteiger partial charge in [-0.05, 0) is 29.0 Å². The summed E-state index contributed by atoms with van der Waals surface area (Å²) >= 11 is 3.53. The predicted octanol–water partition coefficient (Wildman–Crippen LogP) is 4.03. The highest BCUT2D eigenvalue weighted by Gasteiger charge is 2.08. The lowest BCUT2D eigenvalue weighted by atomic mass is 10.2. The largest absolute Gasteiger partial charge is 0.377 e. The molecule has 2 aromatic heterocycles. The van der Waals surface area contributed by atoms with E-state index in [2.05, 4.69) is 90.9 Å². The van der Waals surface area contributed by atoms with Gasteiger partial charge in [0.05, 0.1) is 15.5 Å². The van der Waals surface area contributed by atoms with Crippen LogP contribution in [0.4, 0.5) is 0 Å². The molecule has 0 unspecified atom stereocenters. The minimum Gasteiger partial charge on any atom is -0.377 e. The van der Waals surface area contributed by atoms with Crippen LogP contribution in [0.25, 0.3) is 5.70 Å². The monoisotopic (exact) mass is 317 g/mol. The van der Waals surface area contributed by atoms with Gasteiger partial charge in [-0.15, -0.1) is 22.7 Å². The molecule has 21 heavy (non-hydrogen) atoms. The summed E-state index contributed by atoms with van der Waals surface area (Å²) in [6.45, 7) is 0. The Labute approximate surface area is 135 Å². The first-order chi connectivity index (χ1) is 10.1. The van der Waals surface area contributed by atoms with Gasteiger partial charge in [0.15, 0.2) is 0 Å². The SMILES string of the molecule is CN(C)/C(=C/C=C/C(c1cccs1)=[N+](C)C)c1cccs1. The molecular formula is C17H21N2S2+. The number of thiophene rings is 2. The van der Waals surface area contributed by atoms with Crippen LogP contribution >= 0.6 is 22.7 Å². The van der Waals surface area contributed by atoms with Crippen LogP contribution < -0.4 is 0 Å². The predicted molar refractivity (Wildman–Crippen MR) is 95.7 cm³/mol. The van der Waals surface area contributed by atoms with Crippen molar-refractivity contribution in [2.75, 3.05) is 28.2 Å². The van der Waals surface area contributed by atoms with Gasteiger partial charge >= 0.3 is 0 Å². The lowest BCUT2D eigenvalue weighted by molar-refractivity contribution is -0.462. The number of hydrogen-bond acceptors (Lipinski definition) is 3. The van der Waals surface area contributed by atoms with Gasteiger partial charge in [-0.25, -0.2) is 4.58 Å². The Kier molecular flexibility index (Phi) is 5.53. The maximum absolute atomic E-state index is 2.17. The van der Waals surface area contributed by atoms with E-state index < -0.39 is 0 Å². The third kappa shape index (κ3) is 4.16. The van der Waals surface area contributed by atoms with E-state index in [-0.39, 0.29) is 0 Å². The van der Waals surface area contributed by atoms with Gasteiger partial charge in [0.1, 0.15) is 14.1 Å². The summed E-state index contributed by atoms with van der Waals surface area (Å²) in [6.07, 6.45) is 6.47. The minimum absolute atomic E-state index is 1.23. The van der Waals surface area contributed by atoms with Crippen molar-refractivity contribution in [2.24, 2.45) is 0 Å². The molecule has 2 aromatic rings. The van der Waals surface area contributed by atoms with Crippen molar-refractivity contribution in [1.82, 2.24) is 4.90 Å². The molecule has 0 amide bonds. The first-order valence-corrected chi connectivity index (χ1v) is 8.53. The maximum Gasteiger partial charge on any atom is 0.216 e. The van der Waals surface area contributed by atoms with Crippen LogP contribution in [0.5, 0.6) is 0 Å².